The third-order valence-electron chi connectivity index (χ3n) is 4.31. The van der Waals surface area contributed by atoms with Gasteiger partial charge in [0, 0.05) is 31.2 Å². The summed E-state index contributed by atoms with van der Waals surface area (Å²) < 4.78 is 0. The molecule has 0 saturated carbocycles. The second-order valence-corrected chi connectivity index (χ2v) is 7.37. The fraction of sp³-hybridized carbons (Fsp3) is 0.421. The standard InChI is InChI=1S/C19H25N5OS/c1-4-20-19(23(3)12-16-13-26-14(2)22-16)21-11-18(25)24-10-9-15-7-5-6-8-17(15)24/h5-8,13H,4,9-12H2,1-3H3,(H,20,21). The van der Waals surface area contributed by atoms with Crippen LogP contribution in [0, 0.1) is 6.92 Å². The SMILES string of the molecule is CCNC(=NCC(=O)N1CCc2ccccc21)N(C)Cc1csc(C)n1. The molecule has 0 fully saturated rings. The molecular weight excluding hydrogens is 346 g/mol. The van der Waals surface area contributed by atoms with Gasteiger partial charge >= 0.3 is 0 Å². The van der Waals surface area contributed by atoms with E-state index in [-0.39, 0.29) is 12.5 Å². The molecule has 7 heteroatoms. The lowest BCUT2D eigenvalue weighted by molar-refractivity contribution is -0.117. The van der Waals surface area contributed by atoms with Gasteiger partial charge in [-0.05, 0) is 31.9 Å². The van der Waals surface area contributed by atoms with Crippen molar-refractivity contribution in [2.24, 2.45) is 4.99 Å². The van der Waals surface area contributed by atoms with E-state index in [4.69, 9.17) is 0 Å². The summed E-state index contributed by atoms with van der Waals surface area (Å²) in [5, 5.41) is 6.37. The second-order valence-electron chi connectivity index (χ2n) is 6.31. The van der Waals surface area contributed by atoms with Crippen molar-refractivity contribution in [2.45, 2.75) is 26.8 Å². The van der Waals surface area contributed by atoms with E-state index >= 15 is 0 Å². The first kappa shape index (κ1) is 18.4. The van der Waals surface area contributed by atoms with Crippen molar-refractivity contribution < 1.29 is 4.79 Å². The topological polar surface area (TPSA) is 60.8 Å². The largest absolute Gasteiger partial charge is 0.357 e. The molecule has 1 aliphatic heterocycles. The average Bonchev–Trinajstić information content (AvgIpc) is 3.24. The van der Waals surface area contributed by atoms with Crippen LogP contribution in [0.5, 0.6) is 0 Å². The number of hydrogen-bond donors (Lipinski definition) is 1. The monoisotopic (exact) mass is 371 g/mol. The Hall–Kier alpha value is -2.41. The van der Waals surface area contributed by atoms with Gasteiger partial charge in [-0.1, -0.05) is 18.2 Å². The van der Waals surface area contributed by atoms with Gasteiger partial charge in [-0.25, -0.2) is 9.98 Å². The second kappa shape index (κ2) is 8.31. The molecule has 1 amide bonds. The summed E-state index contributed by atoms with van der Waals surface area (Å²) in [4.78, 5) is 25.6. The molecule has 0 aliphatic carbocycles. The van der Waals surface area contributed by atoms with Crippen LogP contribution in [0.2, 0.25) is 0 Å². The smallest absolute Gasteiger partial charge is 0.248 e. The number of nitrogens with one attached hydrogen (secondary N) is 1. The Morgan fingerprint density at radius 1 is 1.42 bits per heavy atom. The van der Waals surface area contributed by atoms with Crippen LogP contribution >= 0.6 is 11.3 Å². The summed E-state index contributed by atoms with van der Waals surface area (Å²) in [6, 6.07) is 8.08. The van der Waals surface area contributed by atoms with E-state index in [0.29, 0.717) is 6.54 Å². The molecule has 26 heavy (non-hydrogen) atoms. The number of amides is 1. The maximum absolute atomic E-state index is 12.7. The van der Waals surface area contributed by atoms with Gasteiger partial charge in [0.25, 0.3) is 0 Å². The van der Waals surface area contributed by atoms with Crippen molar-refractivity contribution in [2.75, 3.05) is 31.6 Å². The van der Waals surface area contributed by atoms with E-state index in [0.717, 1.165) is 41.9 Å². The summed E-state index contributed by atoms with van der Waals surface area (Å²) in [7, 11) is 1.96. The van der Waals surface area contributed by atoms with Crippen LogP contribution in [0.25, 0.3) is 0 Å². The Balaban J connectivity index is 1.66. The number of thiazole rings is 1. The molecule has 2 heterocycles. The maximum atomic E-state index is 12.7. The Morgan fingerprint density at radius 3 is 2.96 bits per heavy atom. The predicted molar refractivity (Wildman–Crippen MR) is 107 cm³/mol. The number of guanidine groups is 1. The number of nitrogens with zero attached hydrogens (tertiary/aromatic N) is 4. The minimum atomic E-state index is 0.0308. The Kier molecular flexibility index (Phi) is 5.88. The molecule has 1 aromatic carbocycles. The van der Waals surface area contributed by atoms with E-state index in [1.54, 1.807) is 11.3 Å². The molecule has 0 atom stereocenters. The number of rotatable bonds is 5. The Labute approximate surface area is 158 Å². The summed E-state index contributed by atoms with van der Waals surface area (Å²) >= 11 is 1.64. The molecule has 0 radical (unpaired) electrons. The highest BCUT2D eigenvalue weighted by Crippen LogP contribution is 2.27. The lowest BCUT2D eigenvalue weighted by Gasteiger charge is -2.22. The fourth-order valence-corrected chi connectivity index (χ4v) is 3.70. The molecule has 6 nitrogen and oxygen atoms in total. The highest BCUT2D eigenvalue weighted by Gasteiger charge is 2.23. The van der Waals surface area contributed by atoms with Gasteiger partial charge in [-0.2, -0.15) is 0 Å². The first-order valence-electron chi connectivity index (χ1n) is 8.87. The third kappa shape index (κ3) is 4.22. The van der Waals surface area contributed by atoms with Crippen LogP contribution in [0.4, 0.5) is 5.69 Å². The fourth-order valence-electron chi connectivity index (χ4n) is 3.09. The minimum Gasteiger partial charge on any atom is -0.357 e. The number of anilines is 1. The molecule has 0 saturated heterocycles. The summed E-state index contributed by atoms with van der Waals surface area (Å²) in [5.74, 6) is 0.752. The first-order chi connectivity index (χ1) is 12.6. The van der Waals surface area contributed by atoms with Crippen LogP contribution in [0.1, 0.15) is 23.2 Å². The van der Waals surface area contributed by atoms with Gasteiger partial charge in [-0.3, -0.25) is 4.79 Å². The number of aryl methyl sites for hydroxylation is 1. The van der Waals surface area contributed by atoms with Crippen LogP contribution in [-0.2, 0) is 17.8 Å². The highest BCUT2D eigenvalue weighted by molar-refractivity contribution is 7.09. The van der Waals surface area contributed by atoms with Crippen LogP contribution < -0.4 is 10.2 Å². The van der Waals surface area contributed by atoms with E-state index in [1.165, 1.54) is 5.56 Å². The number of hydrogen-bond acceptors (Lipinski definition) is 4. The van der Waals surface area contributed by atoms with Gasteiger partial charge in [-0.15, -0.1) is 11.3 Å². The Bertz CT molecular complexity index is 801. The van der Waals surface area contributed by atoms with E-state index in [1.807, 2.05) is 48.9 Å². The minimum absolute atomic E-state index is 0.0308. The molecule has 1 aliphatic rings. The quantitative estimate of drug-likeness (QED) is 0.648. The van der Waals surface area contributed by atoms with E-state index in [9.17, 15) is 4.79 Å². The lowest BCUT2D eigenvalue weighted by atomic mass is 10.2. The highest BCUT2D eigenvalue weighted by atomic mass is 32.1. The number of benzene rings is 1. The van der Waals surface area contributed by atoms with E-state index in [2.05, 4.69) is 26.7 Å². The van der Waals surface area contributed by atoms with Crippen molar-refractivity contribution >= 4 is 28.9 Å². The van der Waals surface area contributed by atoms with Gasteiger partial charge in [0.15, 0.2) is 5.96 Å². The predicted octanol–water partition coefficient (Wildman–Crippen LogP) is 2.44. The van der Waals surface area contributed by atoms with Crippen molar-refractivity contribution in [3.8, 4) is 0 Å². The maximum Gasteiger partial charge on any atom is 0.248 e. The normalized spacial score (nSPS) is 13.7. The molecule has 1 aromatic heterocycles. The van der Waals surface area contributed by atoms with Crippen LogP contribution in [0.15, 0.2) is 34.6 Å². The summed E-state index contributed by atoms with van der Waals surface area (Å²) in [6.45, 7) is 6.31. The van der Waals surface area contributed by atoms with Gasteiger partial charge in [0.05, 0.1) is 17.2 Å². The molecule has 2 aromatic rings. The van der Waals surface area contributed by atoms with Gasteiger partial charge in [0.1, 0.15) is 6.54 Å². The van der Waals surface area contributed by atoms with Crippen molar-refractivity contribution in [3.63, 3.8) is 0 Å². The van der Waals surface area contributed by atoms with Gasteiger partial charge < -0.3 is 15.1 Å². The van der Waals surface area contributed by atoms with Crippen LogP contribution in [0.3, 0.4) is 0 Å². The van der Waals surface area contributed by atoms with Gasteiger partial charge in [0.2, 0.25) is 5.91 Å². The molecule has 138 valence electrons. The molecule has 3 rings (SSSR count). The average molecular weight is 372 g/mol. The molecule has 0 bridgehead atoms. The molecular formula is C19H25N5OS. The Morgan fingerprint density at radius 2 is 2.23 bits per heavy atom. The van der Waals surface area contributed by atoms with Crippen molar-refractivity contribution in [3.05, 3.63) is 45.9 Å². The first-order valence-corrected chi connectivity index (χ1v) is 9.75. The number of fused-ring (bicyclic) bond motifs is 1. The molecule has 1 N–H and O–H groups in total. The zero-order valence-electron chi connectivity index (χ0n) is 15.5. The van der Waals surface area contributed by atoms with E-state index < -0.39 is 0 Å². The number of carbonyl (C=O) groups excluding carboxylic acids is 1. The number of aliphatic imine (C=N–C) groups is 1. The zero-order chi connectivity index (χ0) is 18.5. The zero-order valence-corrected chi connectivity index (χ0v) is 16.3. The number of carbonyl (C=O) groups is 1. The molecule has 0 unspecified atom stereocenters. The number of para-hydroxylation sites is 1. The number of aromatic nitrogens is 1. The molecule has 0 spiro atoms. The summed E-state index contributed by atoms with van der Waals surface area (Å²) in [5.41, 5.74) is 3.26. The lowest BCUT2D eigenvalue weighted by Crippen LogP contribution is -2.40. The van der Waals surface area contributed by atoms with Crippen LogP contribution in [-0.4, -0.2) is 48.4 Å². The third-order valence-corrected chi connectivity index (χ3v) is 5.14. The van der Waals surface area contributed by atoms with Crippen molar-refractivity contribution in [1.29, 1.82) is 0 Å². The van der Waals surface area contributed by atoms with Crippen molar-refractivity contribution in [1.82, 2.24) is 15.2 Å². The summed E-state index contributed by atoms with van der Waals surface area (Å²) in [6.07, 6.45) is 0.911.